The van der Waals surface area contributed by atoms with Crippen LogP contribution in [-0.4, -0.2) is 51.7 Å². The number of anilines is 1. The van der Waals surface area contributed by atoms with E-state index in [1.54, 1.807) is 17.5 Å². The van der Waals surface area contributed by atoms with Gasteiger partial charge in [0, 0.05) is 19.2 Å². The number of carbonyl (C=O) groups is 4. The van der Waals surface area contributed by atoms with Crippen LogP contribution in [0.5, 0.6) is 11.5 Å². The van der Waals surface area contributed by atoms with Crippen LogP contribution >= 0.6 is 11.3 Å². The number of methoxy groups -OCH3 is 2. The molecular weight excluding hydrogens is 402 g/mol. The Morgan fingerprint density at radius 1 is 1.07 bits per heavy atom. The number of ether oxygens (including phenoxy) is 3. The predicted molar refractivity (Wildman–Crippen MR) is 105 cm³/mol. The van der Waals surface area contributed by atoms with E-state index in [2.05, 4.69) is 10.6 Å². The standard InChI is InChI=1S/C18H19N3O7S/c1-19-18(25)21-15(22)9-28-17(24)10-7-12(26-2)13(27-3)8-11(10)20-16(23)14-5-4-6-29-14/h4-8H,9H2,1-3H3,(H,20,23)(H2,19,21,22,25). The quantitative estimate of drug-likeness (QED) is 0.579. The zero-order chi connectivity index (χ0) is 21.4. The molecule has 2 aromatic rings. The Morgan fingerprint density at radius 3 is 2.34 bits per heavy atom. The van der Waals surface area contributed by atoms with Crippen molar-refractivity contribution in [1.29, 1.82) is 0 Å². The lowest BCUT2D eigenvalue weighted by Gasteiger charge is -2.15. The van der Waals surface area contributed by atoms with Crippen LogP contribution in [0.1, 0.15) is 20.0 Å². The molecule has 0 unspecified atom stereocenters. The van der Waals surface area contributed by atoms with Crippen molar-refractivity contribution in [2.24, 2.45) is 0 Å². The maximum absolute atomic E-state index is 12.5. The number of nitrogens with one attached hydrogen (secondary N) is 3. The smallest absolute Gasteiger partial charge is 0.340 e. The third kappa shape index (κ3) is 5.69. The van der Waals surface area contributed by atoms with Crippen molar-refractivity contribution in [3.8, 4) is 11.5 Å². The highest BCUT2D eigenvalue weighted by atomic mass is 32.1. The minimum absolute atomic E-state index is 0.0553. The third-order valence-corrected chi connectivity index (χ3v) is 4.42. The number of hydrogen-bond acceptors (Lipinski definition) is 8. The van der Waals surface area contributed by atoms with Crippen LogP contribution in [0.3, 0.4) is 0 Å². The van der Waals surface area contributed by atoms with Gasteiger partial charge in [0.15, 0.2) is 18.1 Å². The van der Waals surface area contributed by atoms with Gasteiger partial charge in [-0.3, -0.25) is 14.9 Å². The number of urea groups is 1. The molecule has 1 aromatic carbocycles. The molecule has 0 saturated heterocycles. The zero-order valence-corrected chi connectivity index (χ0v) is 16.7. The maximum atomic E-state index is 12.5. The first kappa shape index (κ1) is 21.7. The summed E-state index contributed by atoms with van der Waals surface area (Å²) in [5.41, 5.74) is 0.0538. The van der Waals surface area contributed by atoms with Gasteiger partial charge in [0.05, 0.1) is 30.3 Å². The number of amides is 4. The molecule has 0 atom stereocenters. The van der Waals surface area contributed by atoms with E-state index in [1.165, 1.54) is 44.7 Å². The molecule has 10 nitrogen and oxygen atoms in total. The van der Waals surface area contributed by atoms with Crippen LogP contribution in [-0.2, 0) is 9.53 Å². The monoisotopic (exact) mass is 421 g/mol. The first-order valence-electron chi connectivity index (χ1n) is 8.19. The summed E-state index contributed by atoms with van der Waals surface area (Å²) in [7, 11) is 4.12. The minimum Gasteiger partial charge on any atom is -0.493 e. The molecule has 0 aliphatic heterocycles. The fourth-order valence-electron chi connectivity index (χ4n) is 2.18. The summed E-state index contributed by atoms with van der Waals surface area (Å²) in [6.45, 7) is -0.696. The second kappa shape index (κ2) is 10.1. The summed E-state index contributed by atoms with van der Waals surface area (Å²) in [6, 6.07) is 5.34. The van der Waals surface area contributed by atoms with E-state index in [0.717, 1.165) is 0 Å². The number of esters is 1. The average molecular weight is 421 g/mol. The number of rotatable bonds is 7. The summed E-state index contributed by atoms with van der Waals surface area (Å²) in [4.78, 5) is 48.1. The van der Waals surface area contributed by atoms with E-state index in [1.807, 2.05) is 5.32 Å². The van der Waals surface area contributed by atoms with Gasteiger partial charge in [0.2, 0.25) is 0 Å². The average Bonchev–Trinajstić information content (AvgIpc) is 3.26. The third-order valence-electron chi connectivity index (χ3n) is 3.55. The van der Waals surface area contributed by atoms with Gasteiger partial charge in [-0.05, 0) is 11.4 Å². The van der Waals surface area contributed by atoms with Crippen molar-refractivity contribution in [2.45, 2.75) is 0 Å². The number of thiophene rings is 1. The van der Waals surface area contributed by atoms with Crippen LogP contribution in [0.4, 0.5) is 10.5 Å². The van der Waals surface area contributed by atoms with Crippen LogP contribution < -0.4 is 25.4 Å². The fraction of sp³-hybridized carbons (Fsp3) is 0.222. The first-order valence-corrected chi connectivity index (χ1v) is 9.07. The lowest BCUT2D eigenvalue weighted by atomic mass is 10.1. The molecule has 0 spiro atoms. The second-order valence-corrected chi connectivity index (χ2v) is 6.34. The molecule has 0 fully saturated rings. The SMILES string of the molecule is CNC(=O)NC(=O)COC(=O)c1cc(OC)c(OC)cc1NC(=O)c1cccs1. The van der Waals surface area contributed by atoms with Crippen molar-refractivity contribution in [1.82, 2.24) is 10.6 Å². The van der Waals surface area contributed by atoms with Gasteiger partial charge in [0.1, 0.15) is 0 Å². The Kier molecular flexibility index (Phi) is 7.54. The van der Waals surface area contributed by atoms with Gasteiger partial charge < -0.3 is 24.8 Å². The molecule has 29 heavy (non-hydrogen) atoms. The minimum atomic E-state index is -0.903. The normalized spacial score (nSPS) is 9.90. The Bertz CT molecular complexity index is 912. The van der Waals surface area contributed by atoms with Gasteiger partial charge in [-0.15, -0.1) is 11.3 Å². The number of benzene rings is 1. The van der Waals surface area contributed by atoms with Crippen molar-refractivity contribution in [2.75, 3.05) is 33.2 Å². The molecule has 0 radical (unpaired) electrons. The first-order chi connectivity index (χ1) is 13.9. The summed E-state index contributed by atoms with van der Waals surface area (Å²) in [5, 5.41) is 8.52. The number of hydrogen-bond donors (Lipinski definition) is 3. The molecule has 3 N–H and O–H groups in total. The van der Waals surface area contributed by atoms with Crippen LogP contribution in [0, 0.1) is 0 Å². The summed E-state index contributed by atoms with van der Waals surface area (Å²) in [5.74, 6) is -1.65. The highest BCUT2D eigenvalue weighted by molar-refractivity contribution is 7.12. The molecule has 1 aromatic heterocycles. The number of imide groups is 1. The predicted octanol–water partition coefficient (Wildman–Crippen LogP) is 1.63. The van der Waals surface area contributed by atoms with E-state index in [9.17, 15) is 19.2 Å². The molecule has 2 rings (SSSR count). The lowest BCUT2D eigenvalue weighted by molar-refractivity contribution is -0.123. The van der Waals surface area contributed by atoms with Gasteiger partial charge in [-0.25, -0.2) is 9.59 Å². The van der Waals surface area contributed by atoms with E-state index < -0.39 is 30.4 Å². The molecule has 1 heterocycles. The molecule has 0 saturated carbocycles. The van der Waals surface area contributed by atoms with E-state index in [0.29, 0.717) is 4.88 Å². The highest BCUT2D eigenvalue weighted by Gasteiger charge is 2.21. The van der Waals surface area contributed by atoms with E-state index in [-0.39, 0.29) is 22.7 Å². The molecular formula is C18H19N3O7S. The molecule has 0 bridgehead atoms. The highest BCUT2D eigenvalue weighted by Crippen LogP contribution is 2.34. The van der Waals surface area contributed by atoms with Crippen molar-refractivity contribution < 1.29 is 33.4 Å². The van der Waals surface area contributed by atoms with Gasteiger partial charge >= 0.3 is 12.0 Å². The van der Waals surface area contributed by atoms with E-state index >= 15 is 0 Å². The molecule has 154 valence electrons. The molecule has 0 aliphatic carbocycles. The summed E-state index contributed by atoms with van der Waals surface area (Å²) >= 11 is 1.23. The Labute approximate surface area is 170 Å². The second-order valence-electron chi connectivity index (χ2n) is 5.39. The Balaban J connectivity index is 2.25. The largest absolute Gasteiger partial charge is 0.493 e. The zero-order valence-electron chi connectivity index (χ0n) is 15.9. The topological polar surface area (TPSA) is 132 Å². The van der Waals surface area contributed by atoms with Crippen LogP contribution in [0.2, 0.25) is 0 Å². The number of carbonyl (C=O) groups excluding carboxylic acids is 4. The van der Waals surface area contributed by atoms with Crippen LogP contribution in [0.25, 0.3) is 0 Å². The van der Waals surface area contributed by atoms with Crippen molar-refractivity contribution in [3.05, 3.63) is 40.1 Å². The van der Waals surface area contributed by atoms with Gasteiger partial charge in [0.25, 0.3) is 11.8 Å². The Hall–Kier alpha value is -3.60. The molecule has 11 heteroatoms. The van der Waals surface area contributed by atoms with Crippen molar-refractivity contribution in [3.63, 3.8) is 0 Å². The van der Waals surface area contributed by atoms with Crippen LogP contribution in [0.15, 0.2) is 29.6 Å². The summed E-state index contributed by atoms with van der Waals surface area (Å²) in [6.07, 6.45) is 0. The summed E-state index contributed by atoms with van der Waals surface area (Å²) < 4.78 is 15.3. The Morgan fingerprint density at radius 2 is 1.76 bits per heavy atom. The van der Waals surface area contributed by atoms with E-state index in [4.69, 9.17) is 14.2 Å². The lowest BCUT2D eigenvalue weighted by Crippen LogP contribution is -2.39. The maximum Gasteiger partial charge on any atom is 0.340 e. The molecule has 0 aliphatic rings. The fourth-order valence-corrected chi connectivity index (χ4v) is 2.80. The molecule has 4 amide bonds. The van der Waals surface area contributed by atoms with Gasteiger partial charge in [-0.2, -0.15) is 0 Å². The van der Waals surface area contributed by atoms with Crippen molar-refractivity contribution >= 4 is 40.8 Å². The van der Waals surface area contributed by atoms with Gasteiger partial charge in [-0.1, -0.05) is 6.07 Å².